The van der Waals surface area contributed by atoms with E-state index in [1.165, 1.54) is 6.33 Å². The molecular formula is C21H22N8O. The molecule has 1 amide bonds. The summed E-state index contributed by atoms with van der Waals surface area (Å²) in [5, 5.41) is 9.26. The second-order valence-corrected chi connectivity index (χ2v) is 6.79. The number of nitrogens with one attached hydrogen (secondary N) is 3. The summed E-state index contributed by atoms with van der Waals surface area (Å²) in [5.41, 5.74) is 3.10. The summed E-state index contributed by atoms with van der Waals surface area (Å²) in [7, 11) is 0. The minimum absolute atomic E-state index is 0.163. The standard InChI is InChI=1S/C21H22N8O/c1-14-6-7-22-17(11-14)28-18-12-16(25-13-26-18)23-8-9-24-21(30)20-15(2)27-19-5-3-4-10-29(19)20/h3-7,10-13H,8-9H2,1-2H3,(H,24,30)(H2,22,23,25,26,28). The second kappa shape index (κ2) is 8.56. The molecule has 0 aliphatic heterocycles. The number of pyridine rings is 2. The van der Waals surface area contributed by atoms with E-state index in [1.807, 2.05) is 50.4 Å². The van der Waals surface area contributed by atoms with E-state index in [2.05, 4.69) is 35.9 Å². The molecule has 9 nitrogen and oxygen atoms in total. The first-order valence-electron chi connectivity index (χ1n) is 9.57. The Bertz CT molecular complexity index is 1190. The van der Waals surface area contributed by atoms with Crippen LogP contribution < -0.4 is 16.0 Å². The zero-order valence-electron chi connectivity index (χ0n) is 16.8. The Morgan fingerprint density at radius 2 is 1.83 bits per heavy atom. The van der Waals surface area contributed by atoms with Gasteiger partial charge in [0.1, 0.15) is 35.1 Å². The molecule has 30 heavy (non-hydrogen) atoms. The third-order valence-electron chi connectivity index (χ3n) is 4.47. The monoisotopic (exact) mass is 402 g/mol. The van der Waals surface area contributed by atoms with Crippen molar-refractivity contribution in [3.05, 3.63) is 72.1 Å². The lowest BCUT2D eigenvalue weighted by Gasteiger charge is -2.09. The van der Waals surface area contributed by atoms with E-state index < -0.39 is 0 Å². The van der Waals surface area contributed by atoms with Crippen molar-refractivity contribution < 1.29 is 4.79 Å². The summed E-state index contributed by atoms with van der Waals surface area (Å²) in [6.45, 7) is 4.78. The first kappa shape index (κ1) is 19.3. The van der Waals surface area contributed by atoms with Gasteiger partial charge in [0.2, 0.25) is 0 Å². The van der Waals surface area contributed by atoms with Crippen LogP contribution in [0, 0.1) is 13.8 Å². The lowest BCUT2D eigenvalue weighted by atomic mass is 10.3. The van der Waals surface area contributed by atoms with Crippen LogP contribution in [0.25, 0.3) is 5.65 Å². The fraction of sp³-hybridized carbons (Fsp3) is 0.190. The molecule has 4 aromatic rings. The predicted molar refractivity (Wildman–Crippen MR) is 115 cm³/mol. The van der Waals surface area contributed by atoms with Crippen molar-refractivity contribution >= 4 is 29.0 Å². The van der Waals surface area contributed by atoms with Crippen LogP contribution in [0.1, 0.15) is 21.7 Å². The summed E-state index contributed by atoms with van der Waals surface area (Å²) in [5.74, 6) is 1.84. The van der Waals surface area contributed by atoms with Crippen LogP contribution in [0.15, 0.2) is 55.1 Å². The van der Waals surface area contributed by atoms with Gasteiger partial charge in [-0.05, 0) is 43.7 Å². The van der Waals surface area contributed by atoms with Gasteiger partial charge in [0.25, 0.3) is 5.91 Å². The molecular weight excluding hydrogens is 380 g/mol. The molecule has 0 bridgehead atoms. The van der Waals surface area contributed by atoms with Crippen LogP contribution in [-0.4, -0.2) is 43.3 Å². The maximum absolute atomic E-state index is 12.6. The van der Waals surface area contributed by atoms with Gasteiger partial charge >= 0.3 is 0 Å². The summed E-state index contributed by atoms with van der Waals surface area (Å²) >= 11 is 0. The normalized spacial score (nSPS) is 10.7. The first-order valence-corrected chi connectivity index (χ1v) is 9.57. The highest BCUT2D eigenvalue weighted by Gasteiger charge is 2.15. The number of imidazole rings is 1. The van der Waals surface area contributed by atoms with Gasteiger partial charge in [0.05, 0.1) is 5.69 Å². The Kier molecular flexibility index (Phi) is 5.51. The van der Waals surface area contributed by atoms with Gasteiger partial charge in [-0.25, -0.2) is 19.9 Å². The largest absolute Gasteiger partial charge is 0.368 e. The van der Waals surface area contributed by atoms with Gasteiger partial charge in [0.15, 0.2) is 0 Å². The van der Waals surface area contributed by atoms with Crippen molar-refractivity contribution in [1.82, 2.24) is 29.7 Å². The van der Waals surface area contributed by atoms with Crippen molar-refractivity contribution in [1.29, 1.82) is 0 Å². The molecule has 3 N–H and O–H groups in total. The average molecular weight is 402 g/mol. The predicted octanol–water partition coefficient (Wildman–Crippen LogP) is 2.72. The van der Waals surface area contributed by atoms with Crippen LogP contribution >= 0.6 is 0 Å². The fourth-order valence-electron chi connectivity index (χ4n) is 3.10. The molecule has 4 rings (SSSR count). The number of anilines is 3. The number of aromatic nitrogens is 5. The number of carbonyl (C=O) groups excluding carboxylic acids is 1. The number of hydrogen-bond donors (Lipinski definition) is 3. The third-order valence-corrected chi connectivity index (χ3v) is 4.47. The molecule has 4 heterocycles. The maximum Gasteiger partial charge on any atom is 0.270 e. The molecule has 152 valence electrons. The topological polar surface area (TPSA) is 109 Å². The first-order chi connectivity index (χ1) is 14.6. The molecule has 0 spiro atoms. The van der Waals surface area contributed by atoms with Gasteiger partial charge in [-0.15, -0.1) is 0 Å². The highest BCUT2D eigenvalue weighted by atomic mass is 16.1. The van der Waals surface area contributed by atoms with Gasteiger partial charge in [0, 0.05) is 31.5 Å². The molecule has 0 atom stereocenters. The van der Waals surface area contributed by atoms with Crippen molar-refractivity contribution in [2.75, 3.05) is 23.7 Å². The molecule has 0 aliphatic rings. The molecule has 0 saturated heterocycles. The van der Waals surface area contributed by atoms with Crippen molar-refractivity contribution in [3.8, 4) is 0 Å². The molecule has 0 fully saturated rings. The summed E-state index contributed by atoms with van der Waals surface area (Å²) in [6, 6.07) is 11.3. The lowest BCUT2D eigenvalue weighted by molar-refractivity contribution is 0.0948. The van der Waals surface area contributed by atoms with Crippen molar-refractivity contribution in [3.63, 3.8) is 0 Å². The van der Waals surface area contributed by atoms with Gasteiger partial charge in [-0.2, -0.15) is 0 Å². The minimum atomic E-state index is -0.163. The molecule has 9 heteroatoms. The summed E-state index contributed by atoms with van der Waals surface area (Å²) < 4.78 is 1.79. The van der Waals surface area contributed by atoms with Crippen LogP contribution in [0.4, 0.5) is 17.5 Å². The van der Waals surface area contributed by atoms with Crippen molar-refractivity contribution in [2.24, 2.45) is 0 Å². The molecule has 0 aromatic carbocycles. The second-order valence-electron chi connectivity index (χ2n) is 6.79. The average Bonchev–Trinajstić information content (AvgIpc) is 3.07. The molecule has 4 aromatic heterocycles. The number of nitrogens with zero attached hydrogens (tertiary/aromatic N) is 5. The Labute approximate surface area is 173 Å². The highest BCUT2D eigenvalue weighted by molar-refractivity contribution is 5.94. The van der Waals surface area contributed by atoms with Crippen LogP contribution in [0.2, 0.25) is 0 Å². The number of carbonyl (C=O) groups is 1. The molecule has 0 unspecified atom stereocenters. The Balaban J connectivity index is 1.32. The van der Waals surface area contributed by atoms with Gasteiger partial charge < -0.3 is 16.0 Å². The van der Waals surface area contributed by atoms with E-state index in [1.54, 1.807) is 16.7 Å². The van der Waals surface area contributed by atoms with Crippen LogP contribution in [0.5, 0.6) is 0 Å². The number of aryl methyl sites for hydroxylation is 2. The maximum atomic E-state index is 12.6. The minimum Gasteiger partial charge on any atom is -0.368 e. The number of rotatable bonds is 7. The number of fused-ring (bicyclic) bond motifs is 1. The zero-order valence-corrected chi connectivity index (χ0v) is 16.8. The summed E-state index contributed by atoms with van der Waals surface area (Å²) in [4.78, 5) is 29.7. The quantitative estimate of drug-likeness (QED) is 0.408. The van der Waals surface area contributed by atoms with Gasteiger partial charge in [-0.3, -0.25) is 9.20 Å². The Hall–Kier alpha value is -4.01. The fourth-order valence-corrected chi connectivity index (χ4v) is 3.10. The van der Waals surface area contributed by atoms with E-state index in [4.69, 9.17) is 0 Å². The van der Waals surface area contributed by atoms with Crippen molar-refractivity contribution in [2.45, 2.75) is 13.8 Å². The highest BCUT2D eigenvalue weighted by Crippen LogP contribution is 2.15. The van der Waals surface area contributed by atoms with E-state index in [-0.39, 0.29) is 5.91 Å². The third kappa shape index (κ3) is 4.35. The summed E-state index contributed by atoms with van der Waals surface area (Å²) in [6.07, 6.45) is 5.05. The van der Waals surface area contributed by atoms with E-state index in [0.717, 1.165) is 17.0 Å². The van der Waals surface area contributed by atoms with Gasteiger partial charge in [-0.1, -0.05) is 6.07 Å². The molecule has 0 radical (unpaired) electrons. The zero-order chi connectivity index (χ0) is 20.9. The number of amides is 1. The van der Waals surface area contributed by atoms with E-state index in [0.29, 0.717) is 36.1 Å². The molecule has 0 saturated carbocycles. The van der Waals surface area contributed by atoms with E-state index >= 15 is 0 Å². The number of hydrogen-bond acceptors (Lipinski definition) is 7. The lowest BCUT2D eigenvalue weighted by Crippen LogP contribution is -2.30. The van der Waals surface area contributed by atoms with Crippen LogP contribution in [0.3, 0.4) is 0 Å². The smallest absolute Gasteiger partial charge is 0.270 e. The van der Waals surface area contributed by atoms with Crippen LogP contribution in [-0.2, 0) is 0 Å². The Morgan fingerprint density at radius 1 is 1.00 bits per heavy atom. The molecule has 0 aliphatic carbocycles. The Morgan fingerprint density at radius 3 is 2.70 bits per heavy atom. The van der Waals surface area contributed by atoms with E-state index in [9.17, 15) is 4.79 Å². The SMILES string of the molecule is Cc1ccnc(Nc2cc(NCCNC(=O)c3c(C)nc4ccccn34)ncn2)c1.